The van der Waals surface area contributed by atoms with E-state index in [1.54, 1.807) is 9.58 Å². The SMILES string of the molecule is CN1CCCC2(CCN(C(=O)CCn3cnnn3)C2)C1=O. The third-order valence-corrected chi connectivity index (χ3v) is 4.60. The van der Waals surface area contributed by atoms with Crippen LogP contribution in [0.1, 0.15) is 25.7 Å². The van der Waals surface area contributed by atoms with Crippen LogP contribution in [0.4, 0.5) is 0 Å². The molecule has 2 saturated heterocycles. The van der Waals surface area contributed by atoms with E-state index in [4.69, 9.17) is 0 Å². The maximum atomic E-state index is 12.4. The third kappa shape index (κ3) is 2.62. The number of rotatable bonds is 3. The summed E-state index contributed by atoms with van der Waals surface area (Å²) in [6.07, 6.45) is 4.57. The second-order valence-corrected chi connectivity index (χ2v) is 6.00. The molecule has 3 heterocycles. The van der Waals surface area contributed by atoms with E-state index in [1.165, 1.54) is 6.33 Å². The van der Waals surface area contributed by atoms with Gasteiger partial charge in [0.05, 0.1) is 12.0 Å². The summed E-state index contributed by atoms with van der Waals surface area (Å²) in [6, 6.07) is 0. The first-order chi connectivity index (χ1) is 10.1. The molecule has 8 heteroatoms. The Morgan fingerprint density at radius 3 is 3.00 bits per heavy atom. The quantitative estimate of drug-likeness (QED) is 0.752. The first-order valence-corrected chi connectivity index (χ1v) is 7.35. The number of piperidine rings is 1. The van der Waals surface area contributed by atoms with Gasteiger partial charge < -0.3 is 9.80 Å². The Bertz CT molecular complexity index is 531. The summed E-state index contributed by atoms with van der Waals surface area (Å²) in [5.41, 5.74) is -0.336. The van der Waals surface area contributed by atoms with Gasteiger partial charge in [-0.15, -0.1) is 5.10 Å². The number of likely N-dealkylation sites (tertiary alicyclic amines) is 2. The van der Waals surface area contributed by atoms with Gasteiger partial charge in [-0.1, -0.05) is 0 Å². The highest BCUT2D eigenvalue weighted by Gasteiger charge is 2.48. The Balaban J connectivity index is 1.58. The summed E-state index contributed by atoms with van der Waals surface area (Å²) in [5, 5.41) is 10.8. The van der Waals surface area contributed by atoms with Crippen LogP contribution in [-0.2, 0) is 16.1 Å². The first kappa shape index (κ1) is 14.0. The van der Waals surface area contributed by atoms with Crippen molar-refractivity contribution < 1.29 is 9.59 Å². The van der Waals surface area contributed by atoms with Crippen LogP contribution in [0.25, 0.3) is 0 Å². The smallest absolute Gasteiger partial charge is 0.230 e. The highest BCUT2D eigenvalue weighted by molar-refractivity contribution is 5.85. The van der Waals surface area contributed by atoms with Gasteiger partial charge in [-0.05, 0) is 29.7 Å². The van der Waals surface area contributed by atoms with Crippen LogP contribution in [-0.4, -0.2) is 68.5 Å². The number of tetrazole rings is 1. The molecule has 2 aliphatic rings. The topological polar surface area (TPSA) is 84.2 Å². The van der Waals surface area contributed by atoms with E-state index < -0.39 is 0 Å². The van der Waals surface area contributed by atoms with E-state index in [0.29, 0.717) is 26.1 Å². The Hall–Kier alpha value is -1.99. The largest absolute Gasteiger partial charge is 0.345 e. The second kappa shape index (κ2) is 5.42. The molecule has 2 fully saturated rings. The van der Waals surface area contributed by atoms with Gasteiger partial charge in [0.25, 0.3) is 0 Å². The fourth-order valence-electron chi connectivity index (χ4n) is 3.38. The molecule has 0 aliphatic carbocycles. The first-order valence-electron chi connectivity index (χ1n) is 7.35. The van der Waals surface area contributed by atoms with Gasteiger partial charge in [0, 0.05) is 33.1 Å². The number of hydrogen-bond donors (Lipinski definition) is 0. The van der Waals surface area contributed by atoms with Crippen molar-refractivity contribution in [2.75, 3.05) is 26.7 Å². The normalized spacial score (nSPS) is 25.9. The second-order valence-electron chi connectivity index (χ2n) is 6.00. The lowest BCUT2D eigenvalue weighted by Crippen LogP contribution is -2.48. The van der Waals surface area contributed by atoms with Crippen molar-refractivity contribution >= 4 is 11.8 Å². The molecule has 1 spiro atoms. The summed E-state index contributed by atoms with van der Waals surface area (Å²) >= 11 is 0. The van der Waals surface area contributed by atoms with Crippen LogP contribution in [0.5, 0.6) is 0 Å². The molecule has 8 nitrogen and oxygen atoms in total. The van der Waals surface area contributed by atoms with Gasteiger partial charge in [0.2, 0.25) is 11.8 Å². The van der Waals surface area contributed by atoms with E-state index in [-0.39, 0.29) is 17.2 Å². The molecular weight excluding hydrogens is 272 g/mol. The highest BCUT2D eigenvalue weighted by atomic mass is 16.2. The predicted molar refractivity (Wildman–Crippen MR) is 72.9 cm³/mol. The predicted octanol–water partition coefficient (Wildman–Crippen LogP) is -0.466. The summed E-state index contributed by atoms with van der Waals surface area (Å²) in [4.78, 5) is 28.3. The Kier molecular flexibility index (Phi) is 3.60. The zero-order chi connectivity index (χ0) is 14.9. The van der Waals surface area contributed by atoms with Gasteiger partial charge in [-0.3, -0.25) is 9.59 Å². The van der Waals surface area contributed by atoms with Crippen LogP contribution in [0.15, 0.2) is 6.33 Å². The monoisotopic (exact) mass is 292 g/mol. The van der Waals surface area contributed by atoms with Gasteiger partial charge in [-0.2, -0.15) is 0 Å². The fraction of sp³-hybridized carbons (Fsp3) is 0.769. The van der Waals surface area contributed by atoms with Crippen LogP contribution < -0.4 is 0 Å². The summed E-state index contributed by atoms with van der Waals surface area (Å²) in [7, 11) is 1.85. The molecule has 2 amide bonds. The lowest BCUT2D eigenvalue weighted by atomic mass is 9.78. The Morgan fingerprint density at radius 1 is 1.38 bits per heavy atom. The van der Waals surface area contributed by atoms with Crippen LogP contribution >= 0.6 is 0 Å². The number of aromatic nitrogens is 4. The lowest BCUT2D eigenvalue weighted by Gasteiger charge is -2.37. The van der Waals surface area contributed by atoms with Crippen molar-refractivity contribution in [2.45, 2.75) is 32.2 Å². The van der Waals surface area contributed by atoms with Crippen molar-refractivity contribution in [3.05, 3.63) is 6.33 Å². The number of hydrogen-bond acceptors (Lipinski definition) is 5. The molecule has 114 valence electrons. The van der Waals surface area contributed by atoms with E-state index >= 15 is 0 Å². The summed E-state index contributed by atoms with van der Waals surface area (Å²) in [5.74, 6) is 0.271. The molecule has 1 atom stereocenters. The third-order valence-electron chi connectivity index (χ3n) is 4.60. The molecule has 0 bridgehead atoms. The molecule has 2 aliphatic heterocycles. The molecule has 1 aromatic rings. The number of nitrogens with zero attached hydrogens (tertiary/aromatic N) is 6. The zero-order valence-electron chi connectivity index (χ0n) is 12.2. The average Bonchev–Trinajstić information content (AvgIpc) is 3.13. The van der Waals surface area contributed by atoms with Gasteiger partial charge >= 0.3 is 0 Å². The fourth-order valence-corrected chi connectivity index (χ4v) is 3.38. The van der Waals surface area contributed by atoms with E-state index in [1.807, 2.05) is 11.9 Å². The molecule has 3 rings (SSSR count). The maximum Gasteiger partial charge on any atom is 0.230 e. The van der Waals surface area contributed by atoms with E-state index in [9.17, 15) is 9.59 Å². The number of amides is 2. The highest BCUT2D eigenvalue weighted by Crippen LogP contribution is 2.39. The van der Waals surface area contributed by atoms with Crippen LogP contribution in [0, 0.1) is 5.41 Å². The van der Waals surface area contributed by atoms with Crippen molar-refractivity contribution in [3.8, 4) is 0 Å². The minimum atomic E-state index is -0.336. The molecule has 0 radical (unpaired) electrons. The van der Waals surface area contributed by atoms with Crippen LogP contribution in [0.3, 0.4) is 0 Å². The van der Waals surface area contributed by atoms with Crippen LogP contribution in [0.2, 0.25) is 0 Å². The van der Waals surface area contributed by atoms with Crippen molar-refractivity contribution in [1.82, 2.24) is 30.0 Å². The van der Waals surface area contributed by atoms with Gasteiger partial charge in [0.1, 0.15) is 6.33 Å². The number of aryl methyl sites for hydroxylation is 1. The van der Waals surface area contributed by atoms with E-state index in [0.717, 1.165) is 25.8 Å². The number of carbonyl (C=O) groups is 2. The molecule has 0 N–H and O–H groups in total. The average molecular weight is 292 g/mol. The zero-order valence-corrected chi connectivity index (χ0v) is 12.2. The van der Waals surface area contributed by atoms with E-state index in [2.05, 4.69) is 15.5 Å². The number of carbonyl (C=O) groups excluding carboxylic acids is 2. The van der Waals surface area contributed by atoms with Gasteiger partial charge in [0.15, 0.2) is 0 Å². The lowest BCUT2D eigenvalue weighted by molar-refractivity contribution is -0.144. The molecule has 0 aromatic carbocycles. The molecule has 21 heavy (non-hydrogen) atoms. The maximum absolute atomic E-state index is 12.4. The summed E-state index contributed by atoms with van der Waals surface area (Å²) in [6.45, 7) is 2.54. The molecule has 1 unspecified atom stereocenters. The molecule has 1 aromatic heterocycles. The summed E-state index contributed by atoms with van der Waals surface area (Å²) < 4.78 is 1.54. The molecule has 0 saturated carbocycles. The van der Waals surface area contributed by atoms with Gasteiger partial charge in [-0.25, -0.2) is 4.68 Å². The van der Waals surface area contributed by atoms with Crippen molar-refractivity contribution in [3.63, 3.8) is 0 Å². The molecular formula is C13H20N6O2. The Morgan fingerprint density at radius 2 is 2.24 bits per heavy atom. The minimum absolute atomic E-state index is 0.0726. The standard InChI is InChI=1S/C13H20N6O2/c1-17-6-2-4-13(12(17)21)5-8-18(9-13)11(20)3-7-19-10-14-15-16-19/h10H,2-9H2,1H3. The van der Waals surface area contributed by atoms with Crippen molar-refractivity contribution in [1.29, 1.82) is 0 Å². The van der Waals surface area contributed by atoms with Crippen molar-refractivity contribution in [2.24, 2.45) is 5.41 Å². The minimum Gasteiger partial charge on any atom is -0.345 e. The Labute approximate surface area is 123 Å².